The van der Waals surface area contributed by atoms with Crippen molar-refractivity contribution < 1.29 is 23.2 Å². The van der Waals surface area contributed by atoms with Gasteiger partial charge in [0.05, 0.1) is 27.7 Å². The van der Waals surface area contributed by atoms with Gasteiger partial charge in [-0.3, -0.25) is 0 Å². The molecule has 0 saturated heterocycles. The number of hydrogen-bond donors (Lipinski definition) is 0. The van der Waals surface area contributed by atoms with Crippen LogP contribution in [0.5, 0.6) is 0 Å². The molecule has 0 aliphatic rings. The van der Waals surface area contributed by atoms with Gasteiger partial charge in [-0.2, -0.15) is 0 Å². The molecule has 0 bridgehead atoms. The first-order valence-electron chi connectivity index (χ1n) is 6.61. The molecule has 0 aromatic carbocycles. The molecule has 0 aromatic heterocycles. The van der Waals surface area contributed by atoms with Crippen LogP contribution in [0, 0.1) is 0 Å². The highest BCUT2D eigenvalue weighted by molar-refractivity contribution is 6.60. The molecule has 0 spiro atoms. The third kappa shape index (κ3) is 9.01. The van der Waals surface area contributed by atoms with Crippen LogP contribution in [0.3, 0.4) is 0 Å². The van der Waals surface area contributed by atoms with E-state index < -0.39 is 8.80 Å². The van der Waals surface area contributed by atoms with Crippen LogP contribution >= 0.6 is 0 Å². The summed E-state index contributed by atoms with van der Waals surface area (Å²) in [6.07, 6.45) is 1.08. The van der Waals surface area contributed by atoms with E-state index in [0.717, 1.165) is 23.5 Å². The van der Waals surface area contributed by atoms with Gasteiger partial charge in [0.2, 0.25) is 0 Å². The molecule has 112 valence electrons. The standard InChI is InChI=1S/C12H30NO3Si.H2O/c1-7-14-17(15-8-2,16-9-3)12-10-11-13(4,5)6;/h7-12H2,1-6H3;1H2/q+1;/p-1. The highest BCUT2D eigenvalue weighted by atomic mass is 28.4. The molecular weight excluding hydrogens is 250 g/mol. The molecule has 0 aliphatic heterocycles. The van der Waals surface area contributed by atoms with Gasteiger partial charge in [-0.05, 0) is 20.8 Å². The quantitative estimate of drug-likeness (QED) is 0.454. The first-order chi connectivity index (χ1) is 7.89. The van der Waals surface area contributed by atoms with E-state index in [1.54, 1.807) is 0 Å². The number of hydrogen-bond acceptors (Lipinski definition) is 4. The highest BCUT2D eigenvalue weighted by Crippen LogP contribution is 2.18. The van der Waals surface area contributed by atoms with Gasteiger partial charge in [0.1, 0.15) is 0 Å². The molecule has 0 fully saturated rings. The fourth-order valence-electron chi connectivity index (χ4n) is 1.77. The van der Waals surface area contributed by atoms with Crippen molar-refractivity contribution in [3.8, 4) is 0 Å². The molecule has 18 heavy (non-hydrogen) atoms. The Kier molecular flexibility index (Phi) is 11.2. The highest BCUT2D eigenvalue weighted by Gasteiger charge is 2.40. The van der Waals surface area contributed by atoms with Crippen LogP contribution in [0.1, 0.15) is 27.2 Å². The van der Waals surface area contributed by atoms with Crippen LogP contribution in [0.25, 0.3) is 0 Å². The van der Waals surface area contributed by atoms with Crippen LogP contribution in [0.4, 0.5) is 0 Å². The van der Waals surface area contributed by atoms with Crippen LogP contribution in [0.2, 0.25) is 6.04 Å². The van der Waals surface area contributed by atoms with Gasteiger partial charge in [-0.15, -0.1) is 0 Å². The Bertz CT molecular complexity index is 180. The van der Waals surface area contributed by atoms with Crippen molar-refractivity contribution in [2.24, 2.45) is 0 Å². The first kappa shape index (κ1) is 20.3. The average Bonchev–Trinajstić information content (AvgIpc) is 2.16. The summed E-state index contributed by atoms with van der Waals surface area (Å²) in [5, 5.41) is 0. The van der Waals surface area contributed by atoms with Gasteiger partial charge >= 0.3 is 8.80 Å². The predicted octanol–water partition coefficient (Wildman–Crippen LogP) is 1.95. The summed E-state index contributed by atoms with van der Waals surface area (Å²) in [4.78, 5) is 0. The molecule has 0 heterocycles. The zero-order valence-corrected chi connectivity index (χ0v) is 13.9. The largest absolute Gasteiger partial charge is 0.870 e. The van der Waals surface area contributed by atoms with Gasteiger partial charge in [-0.1, -0.05) is 0 Å². The zero-order chi connectivity index (χ0) is 13.4. The molecule has 0 amide bonds. The second-order valence-corrected chi connectivity index (χ2v) is 7.83. The number of nitrogens with zero attached hydrogens (tertiary/aromatic N) is 1. The second-order valence-electron chi connectivity index (χ2n) is 5.10. The van der Waals surface area contributed by atoms with Crippen LogP contribution in [-0.2, 0) is 13.3 Å². The first-order valence-corrected chi connectivity index (χ1v) is 8.54. The van der Waals surface area contributed by atoms with Crippen LogP contribution in [-0.4, -0.2) is 66.3 Å². The Labute approximate surface area is 113 Å². The molecule has 0 radical (unpaired) electrons. The summed E-state index contributed by atoms with van der Waals surface area (Å²) < 4.78 is 18.4. The van der Waals surface area contributed by atoms with Crippen molar-refractivity contribution in [3.05, 3.63) is 0 Å². The Balaban J connectivity index is 0. The molecule has 0 rings (SSSR count). The van der Waals surface area contributed by atoms with E-state index >= 15 is 0 Å². The molecule has 0 aromatic rings. The zero-order valence-electron chi connectivity index (χ0n) is 12.9. The van der Waals surface area contributed by atoms with E-state index in [4.69, 9.17) is 13.3 Å². The maximum Gasteiger partial charge on any atom is 0.501 e. The molecule has 1 N–H and O–H groups in total. The lowest BCUT2D eigenvalue weighted by Crippen LogP contribution is -2.47. The van der Waals surface area contributed by atoms with E-state index in [9.17, 15) is 0 Å². The van der Waals surface area contributed by atoms with E-state index in [1.807, 2.05) is 20.8 Å². The molecule has 6 heteroatoms. The van der Waals surface area contributed by atoms with Gasteiger partial charge in [0.25, 0.3) is 0 Å². The minimum atomic E-state index is -2.41. The Morgan fingerprint density at radius 1 is 0.833 bits per heavy atom. The Morgan fingerprint density at radius 3 is 1.50 bits per heavy atom. The summed E-state index contributed by atoms with van der Waals surface area (Å²) in [5.74, 6) is 0. The minimum Gasteiger partial charge on any atom is -0.870 e. The van der Waals surface area contributed by atoms with E-state index in [2.05, 4.69) is 21.1 Å². The summed E-state index contributed by atoms with van der Waals surface area (Å²) >= 11 is 0. The van der Waals surface area contributed by atoms with Crippen molar-refractivity contribution in [1.29, 1.82) is 0 Å². The van der Waals surface area contributed by atoms with Crippen molar-refractivity contribution in [1.82, 2.24) is 0 Å². The lowest BCUT2D eigenvalue weighted by molar-refractivity contribution is -0.870. The smallest absolute Gasteiger partial charge is 0.501 e. The molecule has 0 saturated carbocycles. The predicted molar refractivity (Wildman–Crippen MR) is 74.9 cm³/mol. The second kappa shape index (κ2) is 9.88. The van der Waals surface area contributed by atoms with Crippen molar-refractivity contribution >= 4 is 8.80 Å². The van der Waals surface area contributed by atoms with E-state index in [0.29, 0.717) is 19.8 Å². The Hall–Kier alpha value is 0.0169. The maximum atomic E-state index is 5.81. The molecule has 0 aliphatic carbocycles. The summed E-state index contributed by atoms with van der Waals surface area (Å²) in [7, 11) is 4.19. The van der Waals surface area contributed by atoms with E-state index in [1.165, 1.54) is 0 Å². The molecule has 5 nitrogen and oxygen atoms in total. The van der Waals surface area contributed by atoms with Crippen molar-refractivity contribution in [3.63, 3.8) is 0 Å². The van der Waals surface area contributed by atoms with Crippen molar-refractivity contribution in [2.45, 2.75) is 33.2 Å². The van der Waals surface area contributed by atoms with Gasteiger partial charge in [0, 0.05) is 32.3 Å². The minimum absolute atomic E-state index is 0. The van der Waals surface area contributed by atoms with Gasteiger partial charge in [0.15, 0.2) is 0 Å². The lowest BCUT2D eigenvalue weighted by atomic mass is 10.4. The summed E-state index contributed by atoms with van der Waals surface area (Å²) in [5.41, 5.74) is 0. The summed E-state index contributed by atoms with van der Waals surface area (Å²) in [6.45, 7) is 9.10. The Morgan fingerprint density at radius 2 is 1.22 bits per heavy atom. The van der Waals surface area contributed by atoms with Crippen LogP contribution in [0.15, 0.2) is 0 Å². The normalized spacial score (nSPS) is 12.3. The molecule has 0 atom stereocenters. The van der Waals surface area contributed by atoms with Gasteiger partial charge < -0.3 is 23.2 Å². The van der Waals surface area contributed by atoms with Crippen LogP contribution < -0.4 is 0 Å². The lowest BCUT2D eigenvalue weighted by Gasteiger charge is -2.30. The molecule has 0 unspecified atom stereocenters. The third-order valence-electron chi connectivity index (χ3n) is 2.40. The maximum absolute atomic E-state index is 5.81. The monoisotopic (exact) mass is 281 g/mol. The van der Waals surface area contributed by atoms with Crippen molar-refractivity contribution in [2.75, 3.05) is 47.5 Å². The van der Waals surface area contributed by atoms with E-state index in [-0.39, 0.29) is 5.48 Å². The fraction of sp³-hybridized carbons (Fsp3) is 1.00. The number of quaternary nitrogens is 1. The third-order valence-corrected chi connectivity index (χ3v) is 5.56. The molecular formula is C12H31NO4Si. The fourth-order valence-corrected chi connectivity index (χ4v) is 4.36. The SMILES string of the molecule is CCO[Si](CCC[N+](C)(C)C)(OCC)OCC.[OH-]. The topological polar surface area (TPSA) is 57.7 Å². The summed E-state index contributed by atoms with van der Waals surface area (Å²) in [6, 6.07) is 0.915. The van der Waals surface area contributed by atoms with Gasteiger partial charge in [-0.25, -0.2) is 0 Å². The average molecular weight is 281 g/mol. The number of rotatable bonds is 10.